The van der Waals surface area contributed by atoms with E-state index < -0.39 is 0 Å². The maximum absolute atomic E-state index is 5.44. The van der Waals surface area contributed by atoms with Gasteiger partial charge < -0.3 is 10.1 Å². The van der Waals surface area contributed by atoms with Crippen molar-refractivity contribution in [2.24, 2.45) is 0 Å². The fourth-order valence-electron chi connectivity index (χ4n) is 1.81. The second-order valence-electron chi connectivity index (χ2n) is 4.24. The molecule has 0 bridgehead atoms. The first kappa shape index (κ1) is 13.9. The summed E-state index contributed by atoms with van der Waals surface area (Å²) in [5, 5.41) is 3.41. The van der Waals surface area contributed by atoms with Crippen molar-refractivity contribution in [3.8, 4) is 5.75 Å². The van der Waals surface area contributed by atoms with Crippen LogP contribution in [0.2, 0.25) is 0 Å². The van der Waals surface area contributed by atoms with Crippen LogP contribution in [0.15, 0.2) is 47.2 Å². The Labute approximate surface area is 122 Å². The van der Waals surface area contributed by atoms with Crippen LogP contribution in [0.5, 0.6) is 5.75 Å². The smallest absolute Gasteiger partial charge is 0.119 e. The third-order valence-corrected chi connectivity index (χ3v) is 3.27. The number of rotatable bonds is 5. The summed E-state index contributed by atoms with van der Waals surface area (Å²) in [6, 6.07) is 12.3. The highest BCUT2D eigenvalue weighted by Crippen LogP contribution is 2.21. The Kier molecular flexibility index (Phi) is 4.80. The van der Waals surface area contributed by atoms with Crippen molar-refractivity contribution in [3.63, 3.8) is 0 Å². The first-order valence-corrected chi connectivity index (χ1v) is 7.09. The molecule has 1 unspecified atom stereocenters. The minimum atomic E-state index is 0.221. The normalized spacial score (nSPS) is 11.9. The van der Waals surface area contributed by atoms with Crippen molar-refractivity contribution in [2.45, 2.75) is 19.9 Å². The zero-order chi connectivity index (χ0) is 13.7. The van der Waals surface area contributed by atoms with Crippen LogP contribution < -0.4 is 10.1 Å². The van der Waals surface area contributed by atoms with Gasteiger partial charge in [-0.05, 0) is 59.6 Å². The molecule has 1 aromatic heterocycles. The Bertz CT molecular complexity index is 511. The Morgan fingerprint density at radius 1 is 1.21 bits per heavy atom. The van der Waals surface area contributed by atoms with Crippen molar-refractivity contribution in [2.75, 3.05) is 11.9 Å². The lowest BCUT2D eigenvalue weighted by Gasteiger charge is -2.16. The van der Waals surface area contributed by atoms with E-state index in [1.165, 1.54) is 5.56 Å². The fourth-order valence-corrected chi connectivity index (χ4v) is 2.05. The van der Waals surface area contributed by atoms with Gasteiger partial charge in [0.1, 0.15) is 10.4 Å². The lowest BCUT2D eigenvalue weighted by molar-refractivity contribution is 0.340. The standard InChI is InChI=1S/C15H17BrN2O/c1-3-19-14-7-4-12(5-8-14)11(2)18-13-6-9-15(16)17-10-13/h4-11,18H,3H2,1-2H3. The Morgan fingerprint density at radius 3 is 2.53 bits per heavy atom. The van der Waals surface area contributed by atoms with E-state index in [-0.39, 0.29) is 6.04 Å². The molecule has 0 aliphatic rings. The summed E-state index contributed by atoms with van der Waals surface area (Å²) in [5.41, 5.74) is 2.22. The van der Waals surface area contributed by atoms with Crippen LogP contribution >= 0.6 is 15.9 Å². The number of anilines is 1. The topological polar surface area (TPSA) is 34.1 Å². The van der Waals surface area contributed by atoms with Gasteiger partial charge in [-0.2, -0.15) is 0 Å². The number of nitrogens with zero attached hydrogens (tertiary/aromatic N) is 1. The molecule has 19 heavy (non-hydrogen) atoms. The Hall–Kier alpha value is -1.55. The molecular weight excluding hydrogens is 304 g/mol. The number of aromatic nitrogens is 1. The first-order chi connectivity index (χ1) is 9.19. The van der Waals surface area contributed by atoms with E-state index in [2.05, 4.69) is 45.3 Å². The minimum Gasteiger partial charge on any atom is -0.494 e. The van der Waals surface area contributed by atoms with E-state index in [9.17, 15) is 0 Å². The molecule has 0 saturated carbocycles. The van der Waals surface area contributed by atoms with Gasteiger partial charge in [0.05, 0.1) is 18.5 Å². The molecule has 0 radical (unpaired) electrons. The molecule has 1 aromatic carbocycles. The summed E-state index contributed by atoms with van der Waals surface area (Å²) >= 11 is 3.33. The molecule has 1 atom stereocenters. The number of hydrogen-bond acceptors (Lipinski definition) is 3. The first-order valence-electron chi connectivity index (χ1n) is 6.30. The molecule has 0 aliphatic carbocycles. The number of nitrogens with one attached hydrogen (secondary N) is 1. The zero-order valence-electron chi connectivity index (χ0n) is 11.1. The number of pyridine rings is 1. The predicted molar refractivity (Wildman–Crippen MR) is 81.6 cm³/mol. The summed E-state index contributed by atoms with van der Waals surface area (Å²) in [5.74, 6) is 0.906. The number of halogens is 1. The van der Waals surface area contributed by atoms with Crippen molar-refractivity contribution in [1.29, 1.82) is 0 Å². The fraction of sp³-hybridized carbons (Fsp3) is 0.267. The maximum atomic E-state index is 5.44. The second-order valence-corrected chi connectivity index (χ2v) is 5.05. The van der Waals surface area contributed by atoms with Gasteiger partial charge in [0.2, 0.25) is 0 Å². The SMILES string of the molecule is CCOc1ccc(C(C)Nc2ccc(Br)nc2)cc1. The summed E-state index contributed by atoms with van der Waals surface area (Å²) in [7, 11) is 0. The quantitative estimate of drug-likeness (QED) is 0.828. The molecular formula is C15H17BrN2O. The molecule has 0 fully saturated rings. The molecule has 2 rings (SSSR count). The van der Waals surface area contributed by atoms with E-state index in [0.717, 1.165) is 16.0 Å². The van der Waals surface area contributed by atoms with Crippen LogP contribution in [0.25, 0.3) is 0 Å². The van der Waals surface area contributed by atoms with Gasteiger partial charge in [0.15, 0.2) is 0 Å². The van der Waals surface area contributed by atoms with Crippen molar-refractivity contribution >= 4 is 21.6 Å². The van der Waals surface area contributed by atoms with E-state index in [1.807, 2.05) is 37.4 Å². The summed E-state index contributed by atoms with van der Waals surface area (Å²) in [4.78, 5) is 4.20. The average Bonchev–Trinajstić information content (AvgIpc) is 2.42. The monoisotopic (exact) mass is 320 g/mol. The lowest BCUT2D eigenvalue weighted by atomic mass is 10.1. The summed E-state index contributed by atoms with van der Waals surface area (Å²) in [6.45, 7) is 4.80. The van der Waals surface area contributed by atoms with E-state index in [0.29, 0.717) is 6.61 Å². The van der Waals surface area contributed by atoms with Gasteiger partial charge in [-0.3, -0.25) is 0 Å². The number of ether oxygens (including phenoxy) is 1. The highest BCUT2D eigenvalue weighted by Gasteiger charge is 2.05. The largest absolute Gasteiger partial charge is 0.494 e. The van der Waals surface area contributed by atoms with Gasteiger partial charge in [0, 0.05) is 6.04 Å². The lowest BCUT2D eigenvalue weighted by Crippen LogP contribution is -2.06. The predicted octanol–water partition coefficient (Wildman–Crippen LogP) is 4.42. The zero-order valence-corrected chi connectivity index (χ0v) is 12.6. The van der Waals surface area contributed by atoms with Crippen LogP contribution in [0, 0.1) is 0 Å². The Balaban J connectivity index is 2.02. The highest BCUT2D eigenvalue weighted by atomic mass is 79.9. The molecule has 1 heterocycles. The van der Waals surface area contributed by atoms with Crippen LogP contribution in [0.3, 0.4) is 0 Å². The number of hydrogen-bond donors (Lipinski definition) is 1. The van der Waals surface area contributed by atoms with Gasteiger partial charge >= 0.3 is 0 Å². The van der Waals surface area contributed by atoms with Crippen LogP contribution in [0.1, 0.15) is 25.5 Å². The third-order valence-electron chi connectivity index (χ3n) is 2.80. The molecule has 1 N–H and O–H groups in total. The molecule has 4 heteroatoms. The van der Waals surface area contributed by atoms with Crippen molar-refractivity contribution in [1.82, 2.24) is 4.98 Å². The minimum absolute atomic E-state index is 0.221. The molecule has 0 amide bonds. The van der Waals surface area contributed by atoms with E-state index in [1.54, 1.807) is 0 Å². The molecule has 0 aliphatic heterocycles. The molecule has 2 aromatic rings. The van der Waals surface area contributed by atoms with Crippen LogP contribution in [0.4, 0.5) is 5.69 Å². The molecule has 3 nitrogen and oxygen atoms in total. The van der Waals surface area contributed by atoms with Gasteiger partial charge in [-0.25, -0.2) is 4.98 Å². The third kappa shape index (κ3) is 3.96. The van der Waals surface area contributed by atoms with Crippen LogP contribution in [-0.2, 0) is 0 Å². The van der Waals surface area contributed by atoms with Crippen molar-refractivity contribution in [3.05, 3.63) is 52.8 Å². The van der Waals surface area contributed by atoms with E-state index in [4.69, 9.17) is 4.74 Å². The summed E-state index contributed by atoms with van der Waals surface area (Å²) < 4.78 is 6.28. The van der Waals surface area contributed by atoms with E-state index >= 15 is 0 Å². The number of benzene rings is 1. The average molecular weight is 321 g/mol. The van der Waals surface area contributed by atoms with Gasteiger partial charge in [-0.15, -0.1) is 0 Å². The van der Waals surface area contributed by atoms with Gasteiger partial charge in [0.25, 0.3) is 0 Å². The van der Waals surface area contributed by atoms with Crippen LogP contribution in [-0.4, -0.2) is 11.6 Å². The maximum Gasteiger partial charge on any atom is 0.119 e. The second kappa shape index (κ2) is 6.57. The van der Waals surface area contributed by atoms with Gasteiger partial charge in [-0.1, -0.05) is 12.1 Å². The molecule has 100 valence electrons. The Morgan fingerprint density at radius 2 is 1.95 bits per heavy atom. The summed E-state index contributed by atoms with van der Waals surface area (Å²) in [6.07, 6.45) is 1.81. The van der Waals surface area contributed by atoms with Crippen molar-refractivity contribution < 1.29 is 4.74 Å². The highest BCUT2D eigenvalue weighted by molar-refractivity contribution is 9.10. The molecule has 0 spiro atoms. The molecule has 0 saturated heterocycles.